The lowest BCUT2D eigenvalue weighted by molar-refractivity contribution is -0.112. The number of anilines is 1. The fourth-order valence-corrected chi connectivity index (χ4v) is 3.28. The first-order chi connectivity index (χ1) is 13.4. The molecule has 0 bridgehead atoms. The summed E-state index contributed by atoms with van der Waals surface area (Å²) in [6.45, 7) is 6.05. The minimum Gasteiger partial charge on any atom is -0.321 e. The highest BCUT2D eigenvalue weighted by Gasteiger charge is 2.14. The van der Waals surface area contributed by atoms with Crippen LogP contribution in [0.25, 0.3) is 11.8 Å². The predicted octanol–water partition coefficient (Wildman–Crippen LogP) is 5.60. The number of benzene rings is 2. The Hall–Kier alpha value is -3.29. The highest BCUT2D eigenvalue weighted by atomic mass is 35.5. The number of hydrogen-bond donors (Lipinski definition) is 1. The lowest BCUT2D eigenvalue weighted by Crippen LogP contribution is -2.13. The van der Waals surface area contributed by atoms with E-state index >= 15 is 0 Å². The van der Waals surface area contributed by atoms with Crippen molar-refractivity contribution >= 4 is 29.3 Å². The maximum atomic E-state index is 12.5. The Morgan fingerprint density at radius 3 is 2.43 bits per heavy atom. The van der Waals surface area contributed by atoms with Crippen LogP contribution < -0.4 is 5.32 Å². The van der Waals surface area contributed by atoms with Gasteiger partial charge in [-0.3, -0.25) is 4.79 Å². The number of hydrogen-bond acceptors (Lipinski definition) is 2. The Kier molecular flexibility index (Phi) is 5.67. The Balaban J connectivity index is 1.94. The molecule has 0 saturated heterocycles. The summed E-state index contributed by atoms with van der Waals surface area (Å²) < 4.78 is 2.13. The molecule has 4 nitrogen and oxygen atoms in total. The Labute approximate surface area is 169 Å². The highest BCUT2D eigenvalue weighted by Crippen LogP contribution is 2.25. The van der Waals surface area contributed by atoms with Crippen LogP contribution in [0.15, 0.2) is 60.2 Å². The summed E-state index contributed by atoms with van der Waals surface area (Å²) in [6.07, 6.45) is 1.63. The standard InChI is InChI=1S/C23H20ClN3O/c1-15-6-4-5-7-22(15)27-16(2)12-18(17(27)3)13-19(14-25)23(28)26-21-10-8-20(24)9-11-21/h4-13H,1-3H3,(H,26,28)/b19-13+. The molecule has 0 aliphatic carbocycles. The largest absolute Gasteiger partial charge is 0.321 e. The zero-order chi connectivity index (χ0) is 20.3. The summed E-state index contributed by atoms with van der Waals surface area (Å²) in [6, 6.07) is 18.9. The molecule has 0 radical (unpaired) electrons. The van der Waals surface area contributed by atoms with E-state index in [1.54, 1.807) is 30.3 Å². The minimum atomic E-state index is -0.453. The number of carbonyl (C=O) groups excluding carboxylic acids is 1. The van der Waals surface area contributed by atoms with Gasteiger partial charge in [-0.25, -0.2) is 0 Å². The molecule has 0 aliphatic heterocycles. The molecule has 0 aliphatic rings. The smallest absolute Gasteiger partial charge is 0.266 e. The van der Waals surface area contributed by atoms with Gasteiger partial charge in [-0.2, -0.15) is 5.26 Å². The molecule has 1 amide bonds. The van der Waals surface area contributed by atoms with Crippen molar-refractivity contribution in [2.45, 2.75) is 20.8 Å². The van der Waals surface area contributed by atoms with Crippen molar-refractivity contribution in [3.8, 4) is 11.8 Å². The van der Waals surface area contributed by atoms with E-state index in [1.165, 1.54) is 0 Å². The molecule has 0 spiro atoms. The second-order valence-electron chi connectivity index (χ2n) is 6.58. The number of aryl methyl sites for hydroxylation is 2. The minimum absolute atomic E-state index is 0.0417. The van der Waals surface area contributed by atoms with Crippen LogP contribution in [-0.4, -0.2) is 10.5 Å². The Morgan fingerprint density at radius 1 is 1.11 bits per heavy atom. The van der Waals surface area contributed by atoms with E-state index in [2.05, 4.69) is 28.9 Å². The fourth-order valence-electron chi connectivity index (χ4n) is 3.15. The number of aromatic nitrogens is 1. The molecule has 0 unspecified atom stereocenters. The van der Waals surface area contributed by atoms with Crippen LogP contribution in [0.4, 0.5) is 5.69 Å². The third-order valence-corrected chi connectivity index (χ3v) is 4.85. The maximum Gasteiger partial charge on any atom is 0.266 e. The van der Waals surface area contributed by atoms with Crippen molar-refractivity contribution in [3.63, 3.8) is 0 Å². The first kappa shape index (κ1) is 19.5. The predicted molar refractivity (Wildman–Crippen MR) is 114 cm³/mol. The maximum absolute atomic E-state index is 12.5. The molecule has 5 heteroatoms. The van der Waals surface area contributed by atoms with Crippen molar-refractivity contribution < 1.29 is 4.79 Å². The average Bonchev–Trinajstić information content (AvgIpc) is 2.95. The molecule has 3 rings (SSSR count). The van der Waals surface area contributed by atoms with Gasteiger partial charge in [-0.1, -0.05) is 29.8 Å². The third-order valence-electron chi connectivity index (χ3n) is 4.59. The summed E-state index contributed by atoms with van der Waals surface area (Å²) in [5, 5.41) is 12.8. The Bertz CT molecular complexity index is 1100. The second kappa shape index (κ2) is 8.16. The lowest BCUT2D eigenvalue weighted by atomic mass is 10.1. The molecular formula is C23H20ClN3O. The second-order valence-corrected chi connectivity index (χ2v) is 7.02. The zero-order valence-corrected chi connectivity index (χ0v) is 16.7. The third kappa shape index (κ3) is 4.00. The van der Waals surface area contributed by atoms with Crippen LogP contribution in [0.1, 0.15) is 22.5 Å². The Morgan fingerprint density at radius 2 is 1.79 bits per heavy atom. The molecule has 0 saturated carbocycles. The molecular weight excluding hydrogens is 370 g/mol. The average molecular weight is 390 g/mol. The van der Waals surface area contributed by atoms with Gasteiger partial charge in [-0.05, 0) is 74.4 Å². The van der Waals surface area contributed by atoms with E-state index in [0.717, 1.165) is 28.2 Å². The number of rotatable bonds is 4. The van der Waals surface area contributed by atoms with Crippen LogP contribution in [0.5, 0.6) is 0 Å². The van der Waals surface area contributed by atoms with Gasteiger partial charge in [0.2, 0.25) is 0 Å². The van der Waals surface area contributed by atoms with E-state index in [-0.39, 0.29) is 5.57 Å². The van der Waals surface area contributed by atoms with E-state index in [9.17, 15) is 10.1 Å². The van der Waals surface area contributed by atoms with E-state index in [4.69, 9.17) is 11.6 Å². The van der Waals surface area contributed by atoms with Crippen LogP contribution in [-0.2, 0) is 4.79 Å². The number of nitrogens with one attached hydrogen (secondary N) is 1. The SMILES string of the molecule is Cc1ccccc1-n1c(C)cc(/C=C(\C#N)C(=O)Nc2ccc(Cl)cc2)c1C. The van der Waals surface area contributed by atoms with Gasteiger partial charge in [0, 0.05) is 27.8 Å². The molecule has 140 valence electrons. The van der Waals surface area contributed by atoms with Gasteiger partial charge in [0.05, 0.1) is 0 Å². The van der Waals surface area contributed by atoms with Crippen LogP contribution in [0.2, 0.25) is 5.02 Å². The van der Waals surface area contributed by atoms with Crippen LogP contribution in [0.3, 0.4) is 0 Å². The number of para-hydroxylation sites is 1. The van der Waals surface area contributed by atoms with Gasteiger partial charge < -0.3 is 9.88 Å². The van der Waals surface area contributed by atoms with Gasteiger partial charge in [0.1, 0.15) is 11.6 Å². The number of amides is 1. The van der Waals surface area contributed by atoms with E-state index in [1.807, 2.05) is 38.1 Å². The molecule has 1 heterocycles. The zero-order valence-electron chi connectivity index (χ0n) is 16.0. The van der Waals surface area contributed by atoms with Crippen LogP contribution >= 0.6 is 11.6 Å². The molecule has 2 aromatic carbocycles. The summed E-state index contributed by atoms with van der Waals surface area (Å²) in [4.78, 5) is 12.5. The number of nitrogens with zero attached hydrogens (tertiary/aromatic N) is 2. The molecule has 3 aromatic rings. The topological polar surface area (TPSA) is 57.8 Å². The van der Waals surface area contributed by atoms with Gasteiger partial charge in [0.25, 0.3) is 5.91 Å². The first-order valence-electron chi connectivity index (χ1n) is 8.84. The van der Waals surface area contributed by atoms with Gasteiger partial charge in [0.15, 0.2) is 0 Å². The highest BCUT2D eigenvalue weighted by molar-refractivity contribution is 6.30. The number of nitriles is 1. The fraction of sp³-hybridized carbons (Fsp3) is 0.130. The normalized spacial score (nSPS) is 11.2. The van der Waals surface area contributed by atoms with Crippen molar-refractivity contribution in [2.24, 2.45) is 0 Å². The lowest BCUT2D eigenvalue weighted by Gasteiger charge is -2.12. The molecule has 1 N–H and O–H groups in total. The quantitative estimate of drug-likeness (QED) is 0.466. The van der Waals surface area contributed by atoms with Gasteiger partial charge >= 0.3 is 0 Å². The molecule has 0 fully saturated rings. The van der Waals surface area contributed by atoms with E-state index < -0.39 is 5.91 Å². The summed E-state index contributed by atoms with van der Waals surface area (Å²) in [5.74, 6) is -0.453. The van der Waals surface area contributed by atoms with Crippen molar-refractivity contribution in [3.05, 3.63) is 87.7 Å². The summed E-state index contributed by atoms with van der Waals surface area (Å²) >= 11 is 5.86. The first-order valence-corrected chi connectivity index (χ1v) is 9.22. The van der Waals surface area contributed by atoms with Crippen molar-refractivity contribution in [1.82, 2.24) is 4.57 Å². The number of halogens is 1. The van der Waals surface area contributed by atoms with Crippen molar-refractivity contribution in [1.29, 1.82) is 5.26 Å². The van der Waals surface area contributed by atoms with Gasteiger partial charge in [-0.15, -0.1) is 0 Å². The monoisotopic (exact) mass is 389 g/mol. The molecule has 1 aromatic heterocycles. The number of carbonyl (C=O) groups is 1. The summed E-state index contributed by atoms with van der Waals surface area (Å²) in [7, 11) is 0. The summed E-state index contributed by atoms with van der Waals surface area (Å²) in [5.41, 5.74) is 5.71. The molecule has 28 heavy (non-hydrogen) atoms. The molecule has 0 atom stereocenters. The van der Waals surface area contributed by atoms with Crippen molar-refractivity contribution in [2.75, 3.05) is 5.32 Å². The van der Waals surface area contributed by atoms with E-state index in [0.29, 0.717) is 10.7 Å². The van der Waals surface area contributed by atoms with Crippen LogP contribution in [0, 0.1) is 32.1 Å².